The van der Waals surface area contributed by atoms with Crippen molar-refractivity contribution < 1.29 is 8.42 Å². The summed E-state index contributed by atoms with van der Waals surface area (Å²) >= 11 is 0. The number of H-pyrrole nitrogens is 1. The zero-order valence-electron chi connectivity index (χ0n) is 10.7. The molecule has 0 spiro atoms. The first kappa shape index (κ1) is 12.8. The highest BCUT2D eigenvalue weighted by Gasteiger charge is 2.21. The van der Waals surface area contributed by atoms with Crippen LogP contribution in [0, 0.1) is 20.8 Å². The Hall–Kier alpha value is -1.62. The van der Waals surface area contributed by atoms with Gasteiger partial charge in [0, 0.05) is 12.4 Å². The molecule has 4 nitrogen and oxygen atoms in total. The number of nitrogens with zero attached hydrogens (tertiary/aromatic N) is 1. The molecule has 0 atom stereocenters. The van der Waals surface area contributed by atoms with Crippen LogP contribution in [-0.4, -0.2) is 18.4 Å². The third kappa shape index (κ3) is 2.46. The Kier molecular flexibility index (Phi) is 3.26. The number of rotatable bonds is 3. The van der Waals surface area contributed by atoms with Gasteiger partial charge >= 0.3 is 0 Å². The van der Waals surface area contributed by atoms with E-state index >= 15 is 0 Å². The fraction of sp³-hybridized carbons (Fsp3) is 0.308. The normalized spacial score (nSPS) is 11.7. The quantitative estimate of drug-likeness (QED) is 0.925. The number of hydrogen-bond acceptors (Lipinski definition) is 3. The zero-order chi connectivity index (χ0) is 13.3. The summed E-state index contributed by atoms with van der Waals surface area (Å²) in [7, 11) is -3.36. The first-order valence-corrected chi connectivity index (χ1v) is 7.34. The summed E-state index contributed by atoms with van der Waals surface area (Å²) in [5.41, 5.74) is 2.65. The molecule has 2 rings (SSSR count). The third-order valence-electron chi connectivity index (χ3n) is 2.80. The summed E-state index contributed by atoms with van der Waals surface area (Å²) < 4.78 is 24.8. The lowest BCUT2D eigenvalue weighted by Crippen LogP contribution is -2.10. The monoisotopic (exact) mass is 264 g/mol. The molecule has 1 aromatic heterocycles. The largest absolute Gasteiger partial charge is 0.348 e. The van der Waals surface area contributed by atoms with Crippen LogP contribution in [0.4, 0.5) is 0 Å². The molecule has 0 saturated carbocycles. The number of sulfone groups is 1. The lowest BCUT2D eigenvalue weighted by atomic mass is 10.1. The minimum atomic E-state index is -3.36. The highest BCUT2D eigenvalue weighted by Crippen LogP contribution is 2.24. The number of benzene rings is 1. The molecule has 0 amide bonds. The lowest BCUT2D eigenvalue weighted by Gasteiger charge is -2.11. The summed E-state index contributed by atoms with van der Waals surface area (Å²) in [4.78, 5) is 7.21. The Morgan fingerprint density at radius 1 is 1.17 bits per heavy atom. The average molecular weight is 264 g/mol. The van der Waals surface area contributed by atoms with Crippen molar-refractivity contribution in [1.29, 1.82) is 0 Å². The maximum Gasteiger partial charge on any atom is 0.186 e. The molecule has 1 N–H and O–H groups in total. The Bertz CT molecular complexity index is 635. The van der Waals surface area contributed by atoms with Gasteiger partial charge in [0.15, 0.2) is 9.84 Å². The van der Waals surface area contributed by atoms with Gasteiger partial charge in [-0.3, -0.25) is 0 Å². The van der Waals surface area contributed by atoms with Crippen molar-refractivity contribution in [3.8, 4) is 0 Å². The summed E-state index contributed by atoms with van der Waals surface area (Å²) in [6, 6.07) is 3.78. The fourth-order valence-corrected chi connectivity index (χ4v) is 4.05. The van der Waals surface area contributed by atoms with Crippen molar-refractivity contribution in [3.63, 3.8) is 0 Å². The lowest BCUT2D eigenvalue weighted by molar-refractivity contribution is 0.593. The van der Waals surface area contributed by atoms with Crippen LogP contribution >= 0.6 is 0 Å². The van der Waals surface area contributed by atoms with Crippen LogP contribution in [0.5, 0.6) is 0 Å². The average Bonchev–Trinajstić information content (AvgIpc) is 2.66. The van der Waals surface area contributed by atoms with Gasteiger partial charge in [-0.05, 0) is 31.9 Å². The standard InChI is InChI=1S/C13H16N2O2S/c1-9-6-10(2)13(11(3)7-9)18(16,17)8-12-14-4-5-15-12/h4-7H,8H2,1-3H3,(H,14,15). The number of hydrogen-bond donors (Lipinski definition) is 1. The predicted octanol–water partition coefficient (Wildman–Crippen LogP) is 2.31. The van der Waals surface area contributed by atoms with Gasteiger partial charge in [0.05, 0.1) is 4.90 Å². The number of aryl methyl sites for hydroxylation is 3. The third-order valence-corrected chi connectivity index (χ3v) is 4.72. The van der Waals surface area contributed by atoms with Gasteiger partial charge in [0.25, 0.3) is 0 Å². The fourth-order valence-electron chi connectivity index (χ4n) is 2.29. The van der Waals surface area contributed by atoms with E-state index in [9.17, 15) is 8.42 Å². The second-order valence-corrected chi connectivity index (χ2v) is 6.45. The molecule has 0 radical (unpaired) electrons. The predicted molar refractivity (Wildman–Crippen MR) is 70.1 cm³/mol. The van der Waals surface area contributed by atoms with Gasteiger partial charge in [-0.15, -0.1) is 0 Å². The molecule has 5 heteroatoms. The molecular weight excluding hydrogens is 248 g/mol. The minimum absolute atomic E-state index is 0.0925. The molecule has 0 aliphatic rings. The molecule has 0 fully saturated rings. The Labute approximate surface area is 107 Å². The Balaban J connectivity index is 2.48. The summed E-state index contributed by atoms with van der Waals surface area (Å²) in [5.74, 6) is 0.374. The topological polar surface area (TPSA) is 62.8 Å². The Morgan fingerprint density at radius 2 is 1.78 bits per heavy atom. The van der Waals surface area contributed by atoms with Crippen LogP contribution in [-0.2, 0) is 15.6 Å². The molecule has 18 heavy (non-hydrogen) atoms. The molecule has 0 aliphatic carbocycles. The van der Waals surface area contributed by atoms with Crippen LogP contribution in [0.3, 0.4) is 0 Å². The summed E-state index contributed by atoms with van der Waals surface area (Å²) in [5, 5.41) is 0. The van der Waals surface area contributed by atoms with Gasteiger partial charge in [0.1, 0.15) is 11.6 Å². The SMILES string of the molecule is Cc1cc(C)c(S(=O)(=O)Cc2ncc[nH]2)c(C)c1. The van der Waals surface area contributed by atoms with Crippen LogP contribution in [0.1, 0.15) is 22.5 Å². The van der Waals surface area contributed by atoms with E-state index < -0.39 is 9.84 Å². The van der Waals surface area contributed by atoms with E-state index in [-0.39, 0.29) is 5.75 Å². The van der Waals surface area contributed by atoms with Crippen molar-refractivity contribution in [3.05, 3.63) is 47.0 Å². The van der Waals surface area contributed by atoms with Gasteiger partial charge in [0.2, 0.25) is 0 Å². The number of aromatic nitrogens is 2. The van der Waals surface area contributed by atoms with Crippen LogP contribution < -0.4 is 0 Å². The molecule has 2 aromatic rings. The summed E-state index contributed by atoms with van der Waals surface area (Å²) in [6.07, 6.45) is 3.18. The van der Waals surface area contributed by atoms with E-state index in [0.29, 0.717) is 10.7 Å². The van der Waals surface area contributed by atoms with Crippen LogP contribution in [0.25, 0.3) is 0 Å². The smallest absolute Gasteiger partial charge is 0.186 e. The Morgan fingerprint density at radius 3 is 2.28 bits per heavy atom. The van der Waals surface area contributed by atoms with Crippen molar-refractivity contribution in [1.82, 2.24) is 9.97 Å². The van der Waals surface area contributed by atoms with E-state index in [0.717, 1.165) is 16.7 Å². The van der Waals surface area contributed by atoms with Crippen molar-refractivity contribution in [2.75, 3.05) is 0 Å². The van der Waals surface area contributed by atoms with Crippen molar-refractivity contribution in [2.45, 2.75) is 31.4 Å². The first-order valence-electron chi connectivity index (χ1n) is 5.69. The highest BCUT2D eigenvalue weighted by molar-refractivity contribution is 7.90. The maximum absolute atomic E-state index is 12.4. The van der Waals surface area contributed by atoms with Gasteiger partial charge in [-0.25, -0.2) is 13.4 Å². The minimum Gasteiger partial charge on any atom is -0.348 e. The summed E-state index contributed by atoms with van der Waals surface area (Å²) in [6.45, 7) is 5.62. The molecule has 1 heterocycles. The van der Waals surface area contributed by atoms with E-state index in [4.69, 9.17) is 0 Å². The second-order valence-electron chi connectivity index (χ2n) is 4.52. The highest BCUT2D eigenvalue weighted by atomic mass is 32.2. The molecule has 1 aromatic carbocycles. The van der Waals surface area contributed by atoms with Crippen molar-refractivity contribution >= 4 is 9.84 Å². The van der Waals surface area contributed by atoms with Gasteiger partial charge in [-0.1, -0.05) is 17.7 Å². The van der Waals surface area contributed by atoms with E-state index in [1.807, 2.05) is 32.9 Å². The molecule has 0 bridgehead atoms. The molecule has 0 unspecified atom stereocenters. The molecule has 0 saturated heterocycles. The zero-order valence-corrected chi connectivity index (χ0v) is 11.5. The maximum atomic E-state index is 12.4. The van der Waals surface area contributed by atoms with E-state index in [2.05, 4.69) is 9.97 Å². The van der Waals surface area contributed by atoms with E-state index in [1.54, 1.807) is 12.4 Å². The van der Waals surface area contributed by atoms with Crippen LogP contribution in [0.15, 0.2) is 29.4 Å². The molecular formula is C13H16N2O2S. The number of imidazole rings is 1. The van der Waals surface area contributed by atoms with E-state index in [1.165, 1.54) is 0 Å². The second kappa shape index (κ2) is 4.57. The van der Waals surface area contributed by atoms with Gasteiger partial charge < -0.3 is 4.98 Å². The molecule has 96 valence electrons. The van der Waals surface area contributed by atoms with Gasteiger partial charge in [-0.2, -0.15) is 0 Å². The van der Waals surface area contributed by atoms with Crippen LogP contribution in [0.2, 0.25) is 0 Å². The first-order chi connectivity index (χ1) is 8.40. The molecule has 0 aliphatic heterocycles. The number of nitrogens with one attached hydrogen (secondary N) is 1. The van der Waals surface area contributed by atoms with Crippen molar-refractivity contribution in [2.24, 2.45) is 0 Å². The number of aromatic amines is 1.